The Morgan fingerprint density at radius 2 is 2.29 bits per heavy atom. The lowest BCUT2D eigenvalue weighted by Gasteiger charge is -2.15. The molecule has 17 heavy (non-hydrogen) atoms. The van der Waals surface area contributed by atoms with Crippen molar-refractivity contribution < 1.29 is 0 Å². The van der Waals surface area contributed by atoms with Gasteiger partial charge >= 0.3 is 0 Å². The van der Waals surface area contributed by atoms with Crippen LogP contribution in [0, 0.1) is 0 Å². The number of hydrogen-bond donors (Lipinski definition) is 2. The van der Waals surface area contributed by atoms with Gasteiger partial charge in [0.15, 0.2) is 5.11 Å². The topological polar surface area (TPSA) is 41.9 Å². The number of hydrogen-bond acceptors (Lipinski definition) is 2. The number of nitrogens with one attached hydrogen (secondary N) is 2. The van der Waals surface area contributed by atoms with Gasteiger partial charge in [0, 0.05) is 12.6 Å². The third kappa shape index (κ3) is 4.16. The predicted octanol–water partition coefficient (Wildman–Crippen LogP) is 2.32. The van der Waals surface area contributed by atoms with E-state index in [-0.39, 0.29) is 0 Å². The van der Waals surface area contributed by atoms with Gasteiger partial charge in [-0.2, -0.15) is 5.10 Å². The fraction of sp³-hybridized carbons (Fsp3) is 0.636. The first-order chi connectivity index (χ1) is 8.08. The Morgan fingerprint density at radius 1 is 1.59 bits per heavy atom. The molecule has 0 radical (unpaired) electrons. The maximum atomic E-state index is 6.05. The van der Waals surface area contributed by atoms with Crippen LogP contribution in [-0.2, 0) is 13.1 Å². The normalized spacial score (nSPS) is 12.2. The average molecular weight is 275 g/mol. The summed E-state index contributed by atoms with van der Waals surface area (Å²) in [6.07, 6.45) is 2.70. The number of aryl methyl sites for hydroxylation is 1. The molecule has 1 aromatic rings. The lowest BCUT2D eigenvalue weighted by Crippen LogP contribution is -2.40. The summed E-state index contributed by atoms with van der Waals surface area (Å²) >= 11 is 11.3. The molecule has 0 aliphatic carbocycles. The zero-order valence-corrected chi connectivity index (χ0v) is 12.0. The van der Waals surface area contributed by atoms with E-state index in [1.54, 1.807) is 6.20 Å². The van der Waals surface area contributed by atoms with Crippen LogP contribution in [0.2, 0.25) is 5.02 Å². The van der Waals surface area contributed by atoms with Crippen LogP contribution in [-0.4, -0.2) is 20.9 Å². The maximum Gasteiger partial charge on any atom is 0.166 e. The first-order valence-corrected chi connectivity index (χ1v) is 6.61. The number of halogens is 1. The molecule has 0 fully saturated rings. The second-order valence-electron chi connectivity index (χ2n) is 3.89. The van der Waals surface area contributed by atoms with Crippen LogP contribution < -0.4 is 10.6 Å². The Bertz CT molecular complexity index is 378. The maximum absolute atomic E-state index is 6.05. The van der Waals surface area contributed by atoms with Gasteiger partial charge in [-0.15, -0.1) is 0 Å². The van der Waals surface area contributed by atoms with E-state index < -0.39 is 0 Å². The Labute approximate surface area is 113 Å². The van der Waals surface area contributed by atoms with E-state index in [4.69, 9.17) is 23.8 Å². The monoisotopic (exact) mass is 274 g/mol. The van der Waals surface area contributed by atoms with Crippen molar-refractivity contribution in [1.82, 2.24) is 20.4 Å². The van der Waals surface area contributed by atoms with E-state index in [0.29, 0.717) is 22.7 Å². The lowest BCUT2D eigenvalue weighted by molar-refractivity contribution is 0.601. The smallest absolute Gasteiger partial charge is 0.166 e. The van der Waals surface area contributed by atoms with Gasteiger partial charge in [-0.05, 0) is 32.5 Å². The van der Waals surface area contributed by atoms with Crippen molar-refractivity contribution in [3.63, 3.8) is 0 Å². The van der Waals surface area contributed by atoms with Crippen molar-refractivity contribution in [1.29, 1.82) is 0 Å². The van der Waals surface area contributed by atoms with Crippen LogP contribution in [0.1, 0.15) is 32.9 Å². The van der Waals surface area contributed by atoms with Crippen LogP contribution in [0.4, 0.5) is 0 Å². The zero-order valence-electron chi connectivity index (χ0n) is 10.5. The molecule has 0 saturated carbocycles. The lowest BCUT2D eigenvalue weighted by atomic mass is 10.3. The zero-order chi connectivity index (χ0) is 12.8. The predicted molar refractivity (Wildman–Crippen MR) is 75.2 cm³/mol. The summed E-state index contributed by atoms with van der Waals surface area (Å²) in [6, 6.07) is 0.376. The largest absolute Gasteiger partial charge is 0.360 e. The summed E-state index contributed by atoms with van der Waals surface area (Å²) in [5, 5.41) is 11.8. The molecule has 1 unspecified atom stereocenters. The molecule has 6 heteroatoms. The molecule has 1 rings (SSSR count). The van der Waals surface area contributed by atoms with E-state index in [9.17, 15) is 0 Å². The van der Waals surface area contributed by atoms with Crippen molar-refractivity contribution in [3.05, 3.63) is 16.9 Å². The van der Waals surface area contributed by atoms with E-state index >= 15 is 0 Å². The second-order valence-corrected chi connectivity index (χ2v) is 4.71. The van der Waals surface area contributed by atoms with E-state index in [1.165, 1.54) is 0 Å². The Balaban J connectivity index is 2.49. The van der Waals surface area contributed by atoms with Gasteiger partial charge < -0.3 is 10.6 Å². The van der Waals surface area contributed by atoms with Gasteiger partial charge in [-0.1, -0.05) is 18.5 Å². The quantitative estimate of drug-likeness (QED) is 0.809. The van der Waals surface area contributed by atoms with Gasteiger partial charge in [0.25, 0.3) is 0 Å². The molecule has 0 spiro atoms. The Kier molecular flexibility index (Phi) is 5.71. The number of rotatable bonds is 5. The van der Waals surface area contributed by atoms with E-state index in [0.717, 1.165) is 18.7 Å². The second kappa shape index (κ2) is 6.81. The highest BCUT2D eigenvalue weighted by Gasteiger charge is 2.08. The first kappa shape index (κ1) is 14.3. The van der Waals surface area contributed by atoms with Crippen molar-refractivity contribution in [2.45, 2.75) is 46.3 Å². The molecule has 0 saturated heterocycles. The molecule has 1 atom stereocenters. The highest BCUT2D eigenvalue weighted by atomic mass is 35.5. The van der Waals surface area contributed by atoms with Gasteiger partial charge in [-0.25, -0.2) is 0 Å². The van der Waals surface area contributed by atoms with Gasteiger partial charge in [0.1, 0.15) is 0 Å². The van der Waals surface area contributed by atoms with Crippen LogP contribution in [0.25, 0.3) is 0 Å². The highest BCUT2D eigenvalue weighted by Crippen LogP contribution is 2.14. The molecular formula is C11H19ClN4S. The minimum absolute atomic E-state index is 0.376. The molecule has 1 aromatic heterocycles. The molecule has 96 valence electrons. The van der Waals surface area contributed by atoms with Gasteiger partial charge in [0.05, 0.1) is 23.5 Å². The summed E-state index contributed by atoms with van der Waals surface area (Å²) in [4.78, 5) is 0. The average Bonchev–Trinajstić information content (AvgIpc) is 2.67. The third-order valence-electron chi connectivity index (χ3n) is 2.60. The molecule has 4 nitrogen and oxygen atoms in total. The minimum atomic E-state index is 0.376. The summed E-state index contributed by atoms with van der Waals surface area (Å²) in [7, 11) is 0. The first-order valence-electron chi connectivity index (χ1n) is 5.83. The van der Waals surface area contributed by atoms with E-state index in [1.807, 2.05) is 11.6 Å². The SMILES string of the molecule is CCC(C)NC(=S)NCc1c(Cl)cnn1CC. The van der Waals surface area contributed by atoms with Crippen molar-refractivity contribution in [2.75, 3.05) is 0 Å². The van der Waals surface area contributed by atoms with Crippen molar-refractivity contribution in [2.24, 2.45) is 0 Å². The van der Waals surface area contributed by atoms with Crippen LogP contribution in [0.5, 0.6) is 0 Å². The Hall–Kier alpha value is -0.810. The molecule has 0 aromatic carbocycles. The standard InChI is InChI=1S/C11H19ClN4S/c1-4-8(3)15-11(17)13-7-10-9(12)6-14-16(10)5-2/h6,8H,4-5,7H2,1-3H3,(H2,13,15,17). The van der Waals surface area contributed by atoms with Gasteiger partial charge in [-0.3, -0.25) is 4.68 Å². The third-order valence-corrected chi connectivity index (χ3v) is 3.18. The van der Waals surface area contributed by atoms with Crippen molar-refractivity contribution in [3.8, 4) is 0 Å². The molecule has 1 heterocycles. The van der Waals surface area contributed by atoms with Crippen molar-refractivity contribution >= 4 is 28.9 Å². The Morgan fingerprint density at radius 3 is 2.88 bits per heavy atom. The fourth-order valence-corrected chi connectivity index (χ4v) is 1.86. The number of nitrogens with zero attached hydrogens (tertiary/aromatic N) is 2. The summed E-state index contributed by atoms with van der Waals surface area (Å²) in [5.41, 5.74) is 0.961. The molecule has 0 amide bonds. The molecule has 0 aliphatic rings. The summed E-state index contributed by atoms with van der Waals surface area (Å²) in [5.74, 6) is 0. The van der Waals surface area contributed by atoms with Crippen LogP contribution >= 0.6 is 23.8 Å². The van der Waals surface area contributed by atoms with E-state index in [2.05, 4.69) is 29.6 Å². The number of aromatic nitrogens is 2. The van der Waals surface area contributed by atoms with Crippen LogP contribution in [0.3, 0.4) is 0 Å². The molecular weight excluding hydrogens is 256 g/mol. The summed E-state index contributed by atoms with van der Waals surface area (Å²) in [6.45, 7) is 7.63. The molecule has 2 N–H and O–H groups in total. The summed E-state index contributed by atoms with van der Waals surface area (Å²) < 4.78 is 1.86. The number of thiocarbonyl (C=S) groups is 1. The minimum Gasteiger partial charge on any atom is -0.360 e. The van der Waals surface area contributed by atoms with Crippen LogP contribution in [0.15, 0.2) is 6.20 Å². The van der Waals surface area contributed by atoms with Gasteiger partial charge in [0.2, 0.25) is 0 Å². The fourth-order valence-electron chi connectivity index (χ4n) is 1.38. The highest BCUT2D eigenvalue weighted by molar-refractivity contribution is 7.80. The molecule has 0 aliphatic heterocycles. The molecule has 0 bridgehead atoms.